The van der Waals surface area contributed by atoms with Crippen LogP contribution in [0.4, 0.5) is 11.4 Å². The van der Waals surface area contributed by atoms with Crippen LogP contribution in [0.2, 0.25) is 5.15 Å². The van der Waals surface area contributed by atoms with E-state index in [4.69, 9.17) is 25.8 Å². The number of aromatic nitrogens is 2. The Morgan fingerprint density at radius 3 is 2.21 bits per heavy atom. The van der Waals surface area contributed by atoms with E-state index in [-0.39, 0.29) is 10.3 Å². The Kier molecular flexibility index (Phi) is 8.55. The monoisotopic (exact) mass is 503 g/mol. The van der Waals surface area contributed by atoms with Crippen molar-refractivity contribution in [2.45, 2.75) is 39.0 Å². The van der Waals surface area contributed by atoms with E-state index < -0.39 is 0 Å². The Hall–Kier alpha value is -2.22. The highest BCUT2D eigenvalue weighted by atomic mass is 35.5. The maximum Gasteiger partial charge on any atom is 0.148 e. The van der Waals surface area contributed by atoms with Crippen LogP contribution in [0.5, 0.6) is 11.5 Å². The Morgan fingerprint density at radius 1 is 0.941 bits per heavy atom. The van der Waals surface area contributed by atoms with Gasteiger partial charge in [-0.15, -0.1) is 11.8 Å². The fourth-order valence-corrected chi connectivity index (χ4v) is 4.53. The van der Waals surface area contributed by atoms with E-state index in [1.807, 2.05) is 36.4 Å². The van der Waals surface area contributed by atoms with Gasteiger partial charge < -0.3 is 19.1 Å². The topological polar surface area (TPSA) is 56.7 Å². The molecule has 0 aliphatic carbocycles. The van der Waals surface area contributed by atoms with Gasteiger partial charge in [0.15, 0.2) is 0 Å². The lowest BCUT2D eigenvalue weighted by atomic mass is 9.89. The van der Waals surface area contributed by atoms with E-state index in [1.165, 1.54) is 0 Å². The highest BCUT2D eigenvalue weighted by molar-refractivity contribution is 7.99. The number of rotatable bonds is 10. The molecule has 1 aromatic heterocycles. The minimum Gasteiger partial charge on any atom is -0.497 e. The summed E-state index contributed by atoms with van der Waals surface area (Å²) in [5, 5.41) is 0.367. The number of ether oxygens (including phenoxy) is 3. The molecule has 1 atom stereocenters. The van der Waals surface area contributed by atoms with Gasteiger partial charge in [-0.1, -0.05) is 32.4 Å². The summed E-state index contributed by atoms with van der Waals surface area (Å²) in [6, 6.07) is 11.9. The molecule has 0 bridgehead atoms. The molecule has 8 heteroatoms. The predicted octanol–water partition coefficient (Wildman–Crippen LogP) is 6.97. The second-order valence-corrected chi connectivity index (χ2v) is 10.8. The first-order valence-electron chi connectivity index (χ1n) is 11.2. The maximum absolute atomic E-state index is 6.39. The average molecular weight is 504 g/mol. The predicted molar refractivity (Wildman–Crippen MR) is 143 cm³/mol. The van der Waals surface area contributed by atoms with Crippen LogP contribution in [-0.4, -0.2) is 48.5 Å². The summed E-state index contributed by atoms with van der Waals surface area (Å²) in [5.74, 6) is 1.45. The molecular formula is C26H34ClN3O3S. The lowest BCUT2D eigenvalue weighted by Crippen LogP contribution is -2.39. The van der Waals surface area contributed by atoms with E-state index in [0.717, 1.165) is 46.9 Å². The lowest BCUT2D eigenvalue weighted by molar-refractivity contribution is -0.0333. The fraction of sp³-hybridized carbons (Fsp3) is 0.462. The molecule has 0 fully saturated rings. The Balaban J connectivity index is 1.92. The normalized spacial score (nSPS) is 13.5. The first-order chi connectivity index (χ1) is 16.1. The second-order valence-electron chi connectivity index (χ2n) is 9.19. The molecule has 0 spiro atoms. The third-order valence-corrected chi connectivity index (χ3v) is 7.80. The molecule has 0 aliphatic heterocycles. The van der Waals surface area contributed by atoms with Crippen LogP contribution in [0, 0.1) is 5.41 Å². The zero-order valence-electron chi connectivity index (χ0n) is 21.0. The van der Waals surface area contributed by atoms with Gasteiger partial charge in [0, 0.05) is 41.5 Å². The lowest BCUT2D eigenvalue weighted by Gasteiger charge is -2.40. The van der Waals surface area contributed by atoms with E-state index in [0.29, 0.717) is 11.8 Å². The van der Waals surface area contributed by atoms with Crippen LogP contribution in [0.3, 0.4) is 0 Å². The van der Waals surface area contributed by atoms with Crippen LogP contribution in [0.15, 0.2) is 42.6 Å². The molecule has 184 valence electrons. The number of methoxy groups -OCH3 is 2. The first-order valence-corrected chi connectivity index (χ1v) is 12.8. The van der Waals surface area contributed by atoms with Crippen LogP contribution in [0.1, 0.15) is 34.1 Å². The van der Waals surface area contributed by atoms with Gasteiger partial charge in [-0.2, -0.15) is 0 Å². The Morgan fingerprint density at radius 2 is 1.62 bits per heavy atom. The number of thioether (sulfide) groups is 1. The van der Waals surface area contributed by atoms with Gasteiger partial charge in [-0.3, -0.25) is 4.98 Å². The van der Waals surface area contributed by atoms with Gasteiger partial charge in [0.05, 0.1) is 38.1 Å². The molecule has 1 heterocycles. The second kappa shape index (κ2) is 11.0. The molecular weight excluding hydrogens is 470 g/mol. The summed E-state index contributed by atoms with van der Waals surface area (Å²) in [4.78, 5) is 10.8. The van der Waals surface area contributed by atoms with Crippen molar-refractivity contribution >= 4 is 45.8 Å². The Labute approximate surface area is 212 Å². The summed E-state index contributed by atoms with van der Waals surface area (Å²) in [5.41, 5.74) is 3.48. The van der Waals surface area contributed by atoms with Crippen molar-refractivity contribution in [2.75, 3.05) is 38.5 Å². The van der Waals surface area contributed by atoms with Gasteiger partial charge in [0.1, 0.15) is 21.6 Å². The smallest absolute Gasteiger partial charge is 0.148 e. The van der Waals surface area contributed by atoms with Gasteiger partial charge in [-0.25, -0.2) is 4.98 Å². The van der Waals surface area contributed by atoms with Crippen LogP contribution < -0.4 is 14.4 Å². The van der Waals surface area contributed by atoms with Gasteiger partial charge in [0.25, 0.3) is 0 Å². The van der Waals surface area contributed by atoms with Crippen molar-refractivity contribution < 1.29 is 14.2 Å². The minimum absolute atomic E-state index is 0.0164. The number of halogens is 1. The van der Waals surface area contributed by atoms with Crippen molar-refractivity contribution in [3.8, 4) is 11.5 Å². The fourth-order valence-electron chi connectivity index (χ4n) is 3.57. The molecule has 0 amide bonds. The quantitative estimate of drug-likeness (QED) is 0.218. The average Bonchev–Trinajstić information content (AvgIpc) is 2.82. The molecule has 0 radical (unpaired) electrons. The standard InChI is InChI=1S/C26H34ClN3O3S/c1-25(2,3)26(4,34-7)33-12-8-11-30(19-13-20(31-5)16-21(14-19)32-6)18-9-10-22-23(15-18)29-24(27)17-28-22/h9-10,13-17H,8,11-12H2,1-7H3/t26-/m1/s1. The summed E-state index contributed by atoms with van der Waals surface area (Å²) in [6.45, 7) is 10.1. The molecule has 0 aliphatic rings. The number of anilines is 2. The van der Waals surface area contributed by atoms with Crippen molar-refractivity contribution in [1.29, 1.82) is 0 Å². The molecule has 3 rings (SSSR count). The highest BCUT2D eigenvalue weighted by Crippen LogP contribution is 2.41. The van der Waals surface area contributed by atoms with E-state index in [2.05, 4.69) is 48.8 Å². The molecule has 0 N–H and O–H groups in total. The zero-order chi connectivity index (χ0) is 24.9. The SMILES string of the molecule is COc1cc(OC)cc(N(CCCO[C@](C)(SC)C(C)(C)C)c2ccc3ncc(Cl)nc3c2)c1. The first kappa shape index (κ1) is 26.4. The van der Waals surface area contributed by atoms with Crippen molar-refractivity contribution in [3.05, 3.63) is 47.7 Å². The molecule has 34 heavy (non-hydrogen) atoms. The molecule has 0 saturated heterocycles. The van der Waals surface area contributed by atoms with Crippen molar-refractivity contribution in [2.24, 2.45) is 5.41 Å². The summed E-state index contributed by atoms with van der Waals surface area (Å²) in [7, 11) is 3.31. The molecule has 2 aromatic carbocycles. The number of benzene rings is 2. The van der Waals surface area contributed by atoms with E-state index in [1.54, 1.807) is 32.2 Å². The number of hydrogen-bond acceptors (Lipinski definition) is 7. The summed E-state index contributed by atoms with van der Waals surface area (Å²) in [6.07, 6.45) is 4.48. The maximum atomic E-state index is 6.39. The zero-order valence-corrected chi connectivity index (χ0v) is 22.6. The Bertz CT molecular complexity index is 1100. The highest BCUT2D eigenvalue weighted by Gasteiger charge is 2.37. The minimum atomic E-state index is -0.272. The van der Waals surface area contributed by atoms with Gasteiger partial charge in [-0.05, 0) is 37.8 Å². The van der Waals surface area contributed by atoms with E-state index in [9.17, 15) is 0 Å². The van der Waals surface area contributed by atoms with Gasteiger partial charge in [0.2, 0.25) is 0 Å². The van der Waals surface area contributed by atoms with Crippen LogP contribution >= 0.6 is 23.4 Å². The number of fused-ring (bicyclic) bond motifs is 1. The summed E-state index contributed by atoms with van der Waals surface area (Å²) < 4.78 is 17.4. The van der Waals surface area contributed by atoms with Crippen LogP contribution in [0.25, 0.3) is 11.0 Å². The van der Waals surface area contributed by atoms with Crippen molar-refractivity contribution in [3.63, 3.8) is 0 Å². The third-order valence-electron chi connectivity index (χ3n) is 6.11. The van der Waals surface area contributed by atoms with Crippen LogP contribution in [-0.2, 0) is 4.74 Å². The molecule has 0 unspecified atom stereocenters. The number of hydrogen-bond donors (Lipinski definition) is 0. The van der Waals surface area contributed by atoms with Gasteiger partial charge >= 0.3 is 0 Å². The van der Waals surface area contributed by atoms with E-state index >= 15 is 0 Å². The third kappa shape index (κ3) is 6.06. The number of nitrogens with zero attached hydrogens (tertiary/aromatic N) is 3. The molecule has 0 saturated carbocycles. The largest absolute Gasteiger partial charge is 0.497 e. The molecule has 3 aromatic rings. The summed E-state index contributed by atoms with van der Waals surface area (Å²) >= 11 is 7.85. The molecule has 6 nitrogen and oxygen atoms in total. The van der Waals surface area contributed by atoms with Crippen molar-refractivity contribution in [1.82, 2.24) is 9.97 Å².